The number of hydrogen-bond donors (Lipinski definition) is 1. The third-order valence-electron chi connectivity index (χ3n) is 3.35. The van der Waals surface area contributed by atoms with Crippen molar-refractivity contribution in [2.75, 3.05) is 38.5 Å². The van der Waals surface area contributed by atoms with Gasteiger partial charge in [-0.05, 0) is 25.2 Å². The number of benzene rings is 1. The Balaban J connectivity index is 2.03. The topological polar surface area (TPSA) is 59.4 Å². The maximum Gasteiger partial charge on any atom is 0.266 e. The summed E-state index contributed by atoms with van der Waals surface area (Å²) in [5.74, 6) is -0.236. The van der Waals surface area contributed by atoms with Crippen LogP contribution in [0.1, 0.15) is 0 Å². The van der Waals surface area contributed by atoms with Crippen molar-refractivity contribution in [3.8, 4) is 6.07 Å². The summed E-state index contributed by atoms with van der Waals surface area (Å²) in [6.07, 6.45) is 1.44. The van der Waals surface area contributed by atoms with E-state index in [-0.39, 0.29) is 11.5 Å². The Morgan fingerprint density at radius 1 is 1.38 bits per heavy atom. The van der Waals surface area contributed by atoms with Gasteiger partial charge in [0.1, 0.15) is 11.6 Å². The highest BCUT2D eigenvalue weighted by molar-refractivity contribution is 6.30. The summed E-state index contributed by atoms with van der Waals surface area (Å²) < 4.78 is 0. The van der Waals surface area contributed by atoms with E-state index in [4.69, 9.17) is 16.9 Å². The third kappa shape index (κ3) is 4.22. The highest BCUT2D eigenvalue weighted by Gasteiger charge is 2.21. The molecule has 0 aliphatic carbocycles. The van der Waals surface area contributed by atoms with Crippen LogP contribution in [0.2, 0.25) is 5.02 Å². The van der Waals surface area contributed by atoms with Crippen molar-refractivity contribution in [1.29, 1.82) is 5.26 Å². The first-order valence-corrected chi connectivity index (χ1v) is 7.08. The zero-order chi connectivity index (χ0) is 15.2. The molecule has 2 rings (SSSR count). The smallest absolute Gasteiger partial charge is 0.266 e. The van der Waals surface area contributed by atoms with Crippen molar-refractivity contribution in [2.45, 2.75) is 0 Å². The number of rotatable bonds is 3. The fraction of sp³-hybridized carbons (Fsp3) is 0.333. The van der Waals surface area contributed by atoms with Crippen molar-refractivity contribution in [2.24, 2.45) is 0 Å². The van der Waals surface area contributed by atoms with Crippen LogP contribution in [0.15, 0.2) is 36.0 Å². The first-order valence-electron chi connectivity index (χ1n) is 6.70. The van der Waals surface area contributed by atoms with Gasteiger partial charge in [-0.15, -0.1) is 0 Å². The van der Waals surface area contributed by atoms with Gasteiger partial charge in [0.05, 0.1) is 0 Å². The molecule has 0 saturated carbocycles. The molecule has 1 saturated heterocycles. The lowest BCUT2D eigenvalue weighted by atomic mass is 10.2. The molecule has 1 aliphatic rings. The molecule has 0 atom stereocenters. The number of anilines is 1. The van der Waals surface area contributed by atoms with Gasteiger partial charge in [-0.2, -0.15) is 5.26 Å². The van der Waals surface area contributed by atoms with Crippen molar-refractivity contribution >= 4 is 23.2 Å². The molecule has 0 radical (unpaired) electrons. The van der Waals surface area contributed by atoms with E-state index in [1.54, 1.807) is 23.1 Å². The molecular weight excluding hydrogens is 288 g/mol. The molecule has 1 heterocycles. The Hall–Kier alpha value is -2.03. The van der Waals surface area contributed by atoms with E-state index >= 15 is 0 Å². The van der Waals surface area contributed by atoms with Crippen LogP contribution in [0.5, 0.6) is 0 Å². The second-order valence-corrected chi connectivity index (χ2v) is 5.36. The van der Waals surface area contributed by atoms with Crippen LogP contribution in [0, 0.1) is 11.3 Å². The number of nitriles is 1. The molecule has 0 spiro atoms. The molecule has 0 bridgehead atoms. The molecule has 5 nitrogen and oxygen atoms in total. The van der Waals surface area contributed by atoms with E-state index in [0.29, 0.717) is 18.1 Å². The summed E-state index contributed by atoms with van der Waals surface area (Å²) in [5.41, 5.74) is 0.834. The normalized spacial score (nSPS) is 16.4. The second-order valence-electron chi connectivity index (χ2n) is 4.92. The summed E-state index contributed by atoms with van der Waals surface area (Å²) in [7, 11) is 2.02. The molecule has 1 aliphatic heterocycles. The molecule has 110 valence electrons. The molecular formula is C15H17ClN4O. The largest absolute Gasteiger partial charge is 0.360 e. The zero-order valence-corrected chi connectivity index (χ0v) is 12.6. The zero-order valence-electron chi connectivity index (χ0n) is 11.8. The van der Waals surface area contributed by atoms with Gasteiger partial charge in [-0.1, -0.05) is 17.7 Å². The predicted molar refractivity (Wildman–Crippen MR) is 82.8 cm³/mol. The number of carbonyl (C=O) groups is 1. The lowest BCUT2D eigenvalue weighted by Crippen LogP contribution is -2.47. The van der Waals surface area contributed by atoms with Gasteiger partial charge in [-0.25, -0.2) is 0 Å². The van der Waals surface area contributed by atoms with Gasteiger partial charge in [0.2, 0.25) is 0 Å². The maximum atomic E-state index is 12.3. The molecule has 0 aromatic heterocycles. The van der Waals surface area contributed by atoms with Crippen molar-refractivity contribution in [3.05, 3.63) is 41.1 Å². The summed E-state index contributed by atoms with van der Waals surface area (Å²) in [5, 5.41) is 12.7. The van der Waals surface area contributed by atoms with Crippen LogP contribution in [0.25, 0.3) is 0 Å². The Morgan fingerprint density at radius 2 is 2.10 bits per heavy atom. The molecule has 1 aromatic carbocycles. The number of nitrogens with zero attached hydrogens (tertiary/aromatic N) is 3. The Bertz CT molecular complexity index is 586. The predicted octanol–water partition coefficient (Wildman–Crippen LogP) is 1.93. The second kappa shape index (κ2) is 7.11. The third-order valence-corrected chi connectivity index (χ3v) is 3.58. The van der Waals surface area contributed by atoms with Gasteiger partial charge < -0.3 is 15.1 Å². The lowest BCUT2D eigenvalue weighted by Gasteiger charge is -2.32. The summed E-state index contributed by atoms with van der Waals surface area (Å²) >= 11 is 5.89. The maximum absolute atomic E-state index is 12.3. The fourth-order valence-corrected chi connectivity index (χ4v) is 2.25. The van der Waals surface area contributed by atoms with E-state index in [9.17, 15) is 4.79 Å². The Morgan fingerprint density at radius 3 is 2.71 bits per heavy atom. The summed E-state index contributed by atoms with van der Waals surface area (Å²) in [6, 6.07) is 9.06. The average Bonchev–Trinajstić information content (AvgIpc) is 2.48. The quantitative estimate of drug-likeness (QED) is 0.685. The van der Waals surface area contributed by atoms with E-state index < -0.39 is 0 Å². The molecule has 1 amide bonds. The van der Waals surface area contributed by atoms with Crippen LogP contribution in [-0.2, 0) is 4.79 Å². The molecule has 1 N–H and O–H groups in total. The monoisotopic (exact) mass is 304 g/mol. The van der Waals surface area contributed by atoms with Crippen molar-refractivity contribution in [3.63, 3.8) is 0 Å². The summed E-state index contributed by atoms with van der Waals surface area (Å²) in [6.45, 7) is 2.94. The van der Waals surface area contributed by atoms with Gasteiger partial charge >= 0.3 is 0 Å². The van der Waals surface area contributed by atoms with Crippen LogP contribution < -0.4 is 5.32 Å². The van der Waals surface area contributed by atoms with E-state index in [1.807, 2.05) is 19.2 Å². The minimum Gasteiger partial charge on any atom is -0.360 e. The molecule has 6 heteroatoms. The minimum absolute atomic E-state index is 0.0968. The van der Waals surface area contributed by atoms with Crippen molar-refractivity contribution in [1.82, 2.24) is 9.80 Å². The van der Waals surface area contributed by atoms with Gasteiger partial charge in [0.15, 0.2) is 0 Å². The van der Waals surface area contributed by atoms with Crippen LogP contribution >= 0.6 is 11.6 Å². The van der Waals surface area contributed by atoms with Crippen molar-refractivity contribution < 1.29 is 4.79 Å². The summed E-state index contributed by atoms with van der Waals surface area (Å²) in [4.78, 5) is 16.1. The van der Waals surface area contributed by atoms with Crippen LogP contribution in [0.4, 0.5) is 5.69 Å². The first-order chi connectivity index (χ1) is 10.1. The van der Waals surface area contributed by atoms with Gasteiger partial charge in [-0.3, -0.25) is 4.79 Å². The number of carbonyl (C=O) groups excluding carboxylic acids is 1. The Labute approximate surface area is 129 Å². The van der Waals surface area contributed by atoms with Gasteiger partial charge in [0.25, 0.3) is 5.91 Å². The lowest BCUT2D eigenvalue weighted by molar-refractivity contribution is -0.128. The average molecular weight is 305 g/mol. The number of amides is 1. The Kier molecular flexibility index (Phi) is 5.20. The molecule has 21 heavy (non-hydrogen) atoms. The van der Waals surface area contributed by atoms with E-state index in [0.717, 1.165) is 18.8 Å². The highest BCUT2D eigenvalue weighted by atomic mass is 35.5. The molecule has 1 fully saturated rings. The van der Waals surface area contributed by atoms with Crippen LogP contribution in [0.3, 0.4) is 0 Å². The number of hydrogen-bond acceptors (Lipinski definition) is 4. The minimum atomic E-state index is -0.236. The van der Waals surface area contributed by atoms with E-state index in [2.05, 4.69) is 10.2 Å². The number of nitrogens with one attached hydrogen (secondary N) is 1. The SMILES string of the molecule is CN1CCN(C(=O)/C(C#N)=C\Nc2cccc(Cl)c2)CC1. The molecule has 1 aromatic rings. The number of halogens is 1. The first kappa shape index (κ1) is 15.4. The molecule has 0 unspecified atom stereocenters. The van der Waals surface area contributed by atoms with Crippen LogP contribution in [-0.4, -0.2) is 48.9 Å². The van der Waals surface area contributed by atoms with E-state index in [1.165, 1.54) is 6.20 Å². The van der Waals surface area contributed by atoms with Gasteiger partial charge in [0, 0.05) is 43.1 Å². The highest BCUT2D eigenvalue weighted by Crippen LogP contribution is 2.15. The fourth-order valence-electron chi connectivity index (χ4n) is 2.06. The standard InChI is InChI=1S/C15H17ClN4O/c1-19-5-7-20(8-6-19)15(21)12(10-17)11-18-14-4-2-3-13(16)9-14/h2-4,9,11,18H,5-8H2,1H3/b12-11-. The number of piperazine rings is 1. The number of likely N-dealkylation sites (N-methyl/N-ethyl adjacent to an activating group) is 1.